The highest BCUT2D eigenvalue weighted by atomic mass is 16.1. The highest BCUT2D eigenvalue weighted by molar-refractivity contribution is 5.95. The lowest BCUT2D eigenvalue weighted by Crippen LogP contribution is -2.12. The first-order valence-corrected chi connectivity index (χ1v) is 4.62. The number of carbonyl (C=O) groups excluding carboxylic acids is 1. The summed E-state index contributed by atoms with van der Waals surface area (Å²) in [6, 6.07) is 0. The van der Waals surface area contributed by atoms with Crippen molar-refractivity contribution >= 4 is 5.91 Å². The van der Waals surface area contributed by atoms with Crippen LogP contribution in [-0.4, -0.2) is 5.91 Å². The molecule has 0 aromatic carbocycles. The van der Waals surface area contributed by atoms with Gasteiger partial charge in [0.25, 0.3) is 0 Å². The van der Waals surface area contributed by atoms with Gasteiger partial charge < -0.3 is 5.73 Å². The Hall–Kier alpha value is -1.57. The second-order valence-electron chi connectivity index (χ2n) is 2.72. The highest BCUT2D eigenvalue weighted by Crippen LogP contribution is 1.97. The van der Waals surface area contributed by atoms with E-state index in [4.69, 9.17) is 5.73 Å². The van der Waals surface area contributed by atoms with Crippen molar-refractivity contribution in [3.05, 3.63) is 48.1 Å². The maximum Gasteiger partial charge on any atom is 0.248 e. The Labute approximate surface area is 85.5 Å². The molecular weight excluding hydrogens is 174 g/mol. The van der Waals surface area contributed by atoms with Crippen LogP contribution in [0.2, 0.25) is 0 Å². The molecule has 0 aliphatic carbocycles. The largest absolute Gasteiger partial charge is 0.366 e. The van der Waals surface area contributed by atoms with Crippen LogP contribution in [-0.2, 0) is 4.79 Å². The second kappa shape index (κ2) is 8.05. The Bertz CT molecular complexity index is 283. The quantitative estimate of drug-likeness (QED) is 0.405. The van der Waals surface area contributed by atoms with Gasteiger partial charge in [-0.05, 0) is 26.3 Å². The number of primary amides is 1. The maximum atomic E-state index is 10.9. The SMILES string of the molecule is C/C=C/C/C=C/C=C(/C=C/C)C(N)=O. The molecule has 0 unspecified atom stereocenters. The predicted octanol–water partition coefficient (Wildman–Crippen LogP) is 2.50. The van der Waals surface area contributed by atoms with Gasteiger partial charge in [-0.15, -0.1) is 0 Å². The second-order valence-corrected chi connectivity index (χ2v) is 2.72. The minimum absolute atomic E-state index is 0.404. The minimum atomic E-state index is -0.404. The van der Waals surface area contributed by atoms with Gasteiger partial charge in [0.2, 0.25) is 5.91 Å². The molecule has 0 rings (SSSR count). The van der Waals surface area contributed by atoms with Gasteiger partial charge in [0.05, 0.1) is 0 Å². The summed E-state index contributed by atoms with van der Waals surface area (Å²) in [6.07, 6.45) is 13.9. The zero-order valence-electron chi connectivity index (χ0n) is 8.73. The topological polar surface area (TPSA) is 43.1 Å². The standard InChI is InChI=1S/C12H17NO/c1-3-5-6-7-8-10-11(9-4-2)12(13)14/h3-5,7-10H,6H2,1-2H3,(H2,13,14)/b5-3+,8-7+,9-4+,11-10-. The van der Waals surface area contributed by atoms with Crippen molar-refractivity contribution in [3.8, 4) is 0 Å². The summed E-state index contributed by atoms with van der Waals surface area (Å²) >= 11 is 0. The molecule has 0 aliphatic rings. The Balaban J connectivity index is 4.29. The van der Waals surface area contributed by atoms with Crippen LogP contribution in [0.5, 0.6) is 0 Å². The smallest absolute Gasteiger partial charge is 0.248 e. The average Bonchev–Trinajstić information content (AvgIpc) is 2.15. The van der Waals surface area contributed by atoms with Gasteiger partial charge in [-0.25, -0.2) is 0 Å². The lowest BCUT2D eigenvalue weighted by atomic mass is 10.2. The summed E-state index contributed by atoms with van der Waals surface area (Å²) in [4.78, 5) is 10.9. The van der Waals surface area contributed by atoms with Crippen molar-refractivity contribution in [2.45, 2.75) is 20.3 Å². The number of rotatable bonds is 5. The van der Waals surface area contributed by atoms with E-state index in [9.17, 15) is 4.79 Å². The minimum Gasteiger partial charge on any atom is -0.366 e. The van der Waals surface area contributed by atoms with E-state index in [0.29, 0.717) is 5.57 Å². The number of allylic oxidation sites excluding steroid dienone is 6. The van der Waals surface area contributed by atoms with Crippen molar-refractivity contribution in [2.24, 2.45) is 5.73 Å². The molecule has 1 amide bonds. The van der Waals surface area contributed by atoms with Gasteiger partial charge in [0.1, 0.15) is 0 Å². The number of nitrogens with two attached hydrogens (primary N) is 1. The molecule has 2 nitrogen and oxygen atoms in total. The zero-order valence-corrected chi connectivity index (χ0v) is 8.73. The lowest BCUT2D eigenvalue weighted by molar-refractivity contribution is -0.114. The molecule has 0 aromatic rings. The van der Waals surface area contributed by atoms with Crippen molar-refractivity contribution in [3.63, 3.8) is 0 Å². The van der Waals surface area contributed by atoms with Gasteiger partial charge in [-0.1, -0.05) is 36.5 Å². The molecule has 0 aliphatic heterocycles. The molecule has 0 saturated carbocycles. The molecule has 0 fully saturated rings. The van der Waals surface area contributed by atoms with Crippen LogP contribution < -0.4 is 5.73 Å². The third-order valence-electron chi connectivity index (χ3n) is 1.55. The summed E-state index contributed by atoms with van der Waals surface area (Å²) in [6.45, 7) is 3.82. The maximum absolute atomic E-state index is 10.9. The Morgan fingerprint density at radius 3 is 2.43 bits per heavy atom. The van der Waals surface area contributed by atoms with Gasteiger partial charge in [-0.3, -0.25) is 4.79 Å². The first kappa shape index (κ1) is 12.4. The molecule has 0 atom stereocenters. The Morgan fingerprint density at radius 2 is 1.93 bits per heavy atom. The molecule has 0 spiro atoms. The van der Waals surface area contributed by atoms with E-state index in [1.54, 1.807) is 18.2 Å². The van der Waals surface area contributed by atoms with Gasteiger partial charge >= 0.3 is 0 Å². The fourth-order valence-electron chi connectivity index (χ4n) is 0.864. The molecule has 2 N–H and O–H groups in total. The van der Waals surface area contributed by atoms with Crippen LogP contribution in [0.25, 0.3) is 0 Å². The highest BCUT2D eigenvalue weighted by Gasteiger charge is 1.96. The summed E-state index contributed by atoms with van der Waals surface area (Å²) in [7, 11) is 0. The Kier molecular flexibility index (Phi) is 7.15. The normalized spacial score (nSPS) is 13.4. The molecule has 0 saturated heterocycles. The van der Waals surface area contributed by atoms with Crippen LogP contribution >= 0.6 is 0 Å². The number of hydrogen-bond acceptors (Lipinski definition) is 1. The fourth-order valence-corrected chi connectivity index (χ4v) is 0.864. The van der Waals surface area contributed by atoms with Crippen LogP contribution in [0.4, 0.5) is 0 Å². The van der Waals surface area contributed by atoms with Gasteiger partial charge in [0.15, 0.2) is 0 Å². The van der Waals surface area contributed by atoms with Gasteiger partial charge in [-0.2, -0.15) is 0 Å². The first-order valence-electron chi connectivity index (χ1n) is 4.62. The number of hydrogen-bond donors (Lipinski definition) is 1. The van der Waals surface area contributed by atoms with Crippen molar-refractivity contribution in [1.29, 1.82) is 0 Å². The monoisotopic (exact) mass is 191 g/mol. The van der Waals surface area contributed by atoms with E-state index in [2.05, 4.69) is 0 Å². The molecular formula is C12H17NO. The lowest BCUT2D eigenvalue weighted by Gasteiger charge is -1.91. The fraction of sp³-hybridized carbons (Fsp3) is 0.250. The molecule has 2 heteroatoms. The van der Waals surface area contributed by atoms with Crippen molar-refractivity contribution in [1.82, 2.24) is 0 Å². The van der Waals surface area contributed by atoms with E-state index in [0.717, 1.165) is 6.42 Å². The van der Waals surface area contributed by atoms with Crippen LogP contribution in [0, 0.1) is 0 Å². The molecule has 76 valence electrons. The van der Waals surface area contributed by atoms with Crippen molar-refractivity contribution in [2.75, 3.05) is 0 Å². The molecule has 0 bridgehead atoms. The Morgan fingerprint density at radius 1 is 1.21 bits per heavy atom. The summed E-state index contributed by atoms with van der Waals surface area (Å²) in [5.74, 6) is -0.404. The van der Waals surface area contributed by atoms with E-state index in [1.165, 1.54) is 0 Å². The third kappa shape index (κ3) is 6.00. The number of amides is 1. The summed E-state index contributed by atoms with van der Waals surface area (Å²) < 4.78 is 0. The molecule has 0 radical (unpaired) electrons. The predicted molar refractivity (Wildman–Crippen MR) is 60.7 cm³/mol. The molecule has 0 heterocycles. The van der Waals surface area contributed by atoms with Crippen LogP contribution in [0.1, 0.15) is 20.3 Å². The van der Waals surface area contributed by atoms with Crippen molar-refractivity contribution < 1.29 is 4.79 Å². The summed E-state index contributed by atoms with van der Waals surface area (Å²) in [5, 5.41) is 0. The first-order chi connectivity index (χ1) is 6.72. The summed E-state index contributed by atoms with van der Waals surface area (Å²) in [5.41, 5.74) is 5.68. The van der Waals surface area contributed by atoms with Gasteiger partial charge in [0, 0.05) is 5.57 Å². The van der Waals surface area contributed by atoms with E-state index < -0.39 is 5.91 Å². The van der Waals surface area contributed by atoms with E-state index in [-0.39, 0.29) is 0 Å². The number of carbonyl (C=O) groups is 1. The third-order valence-corrected chi connectivity index (χ3v) is 1.55. The van der Waals surface area contributed by atoms with Crippen LogP contribution in [0.3, 0.4) is 0 Å². The molecule has 0 aromatic heterocycles. The zero-order chi connectivity index (χ0) is 10.8. The average molecular weight is 191 g/mol. The van der Waals surface area contributed by atoms with Crippen LogP contribution in [0.15, 0.2) is 48.1 Å². The van der Waals surface area contributed by atoms with E-state index in [1.807, 2.05) is 38.2 Å². The van der Waals surface area contributed by atoms with E-state index >= 15 is 0 Å². The molecule has 14 heavy (non-hydrogen) atoms.